The Morgan fingerprint density at radius 1 is 1.75 bits per heavy atom. The summed E-state index contributed by atoms with van der Waals surface area (Å²) in [4.78, 5) is 10.6. The molecular formula is C7H9N3O2. The molecule has 0 amide bonds. The number of fused-ring (bicyclic) bond motifs is 1. The fraction of sp³-hybridized carbons (Fsp3) is 0.571. The van der Waals surface area contributed by atoms with E-state index >= 15 is 0 Å². The van der Waals surface area contributed by atoms with Crippen LogP contribution >= 0.6 is 0 Å². The van der Waals surface area contributed by atoms with Crippen molar-refractivity contribution in [2.45, 2.75) is 19.4 Å². The van der Waals surface area contributed by atoms with Crippen molar-refractivity contribution < 1.29 is 9.90 Å². The summed E-state index contributed by atoms with van der Waals surface area (Å²) in [5.74, 6) is -0.102. The van der Waals surface area contributed by atoms with Crippen molar-refractivity contribution in [3.8, 4) is 0 Å². The Bertz CT molecular complexity index is 307. The third-order valence-corrected chi connectivity index (χ3v) is 2.18. The normalized spacial score (nSPS) is 21.8. The van der Waals surface area contributed by atoms with E-state index in [1.807, 2.05) is 4.57 Å². The molecule has 1 aliphatic rings. The third-order valence-electron chi connectivity index (χ3n) is 2.18. The Labute approximate surface area is 69.0 Å². The molecule has 0 radical (unpaired) electrons. The first kappa shape index (κ1) is 7.27. The first-order chi connectivity index (χ1) is 5.77. The lowest BCUT2D eigenvalue weighted by Gasteiger charge is -2.18. The number of nitrogens with zero attached hydrogens (tertiary/aromatic N) is 3. The molecular weight excluding hydrogens is 158 g/mol. The molecule has 0 unspecified atom stereocenters. The summed E-state index contributed by atoms with van der Waals surface area (Å²) in [5.41, 5.74) is 0. The number of hydrogen-bond acceptors (Lipinski definition) is 3. The number of hydrogen-bond donors (Lipinski definition) is 1. The zero-order valence-electron chi connectivity index (χ0n) is 6.47. The van der Waals surface area contributed by atoms with Crippen LogP contribution in [0.1, 0.15) is 12.2 Å². The van der Waals surface area contributed by atoms with Gasteiger partial charge in [0.2, 0.25) is 0 Å². The summed E-state index contributed by atoms with van der Waals surface area (Å²) in [6.45, 7) is 0.512. The minimum absolute atomic E-state index is 0.270. The van der Waals surface area contributed by atoms with Crippen LogP contribution in [0.5, 0.6) is 0 Å². The van der Waals surface area contributed by atoms with Crippen molar-refractivity contribution in [1.29, 1.82) is 0 Å². The average Bonchev–Trinajstić information content (AvgIpc) is 2.49. The number of aromatic nitrogens is 3. The van der Waals surface area contributed by atoms with Gasteiger partial charge in [-0.1, -0.05) is 0 Å². The predicted molar refractivity (Wildman–Crippen MR) is 39.5 cm³/mol. The van der Waals surface area contributed by atoms with Gasteiger partial charge >= 0.3 is 5.97 Å². The molecule has 0 bridgehead atoms. The van der Waals surface area contributed by atoms with E-state index in [1.54, 1.807) is 6.33 Å². The maximum Gasteiger partial charge on any atom is 0.308 e. The van der Waals surface area contributed by atoms with Crippen LogP contribution in [-0.4, -0.2) is 25.8 Å². The van der Waals surface area contributed by atoms with E-state index in [4.69, 9.17) is 5.11 Å². The molecule has 0 saturated heterocycles. The highest BCUT2D eigenvalue weighted by Crippen LogP contribution is 2.17. The summed E-state index contributed by atoms with van der Waals surface area (Å²) in [7, 11) is 0. The number of rotatable bonds is 1. The van der Waals surface area contributed by atoms with Crippen molar-refractivity contribution in [2.24, 2.45) is 5.92 Å². The van der Waals surface area contributed by atoms with Gasteiger partial charge in [0, 0.05) is 13.0 Å². The maximum absolute atomic E-state index is 10.6. The fourth-order valence-corrected chi connectivity index (χ4v) is 1.46. The lowest BCUT2D eigenvalue weighted by Crippen LogP contribution is -2.26. The predicted octanol–water partition coefficient (Wildman–Crippen LogP) is -0.0749. The summed E-state index contributed by atoms with van der Waals surface area (Å²) in [6.07, 6.45) is 2.98. The molecule has 0 aliphatic carbocycles. The lowest BCUT2D eigenvalue weighted by atomic mass is 10.00. The van der Waals surface area contributed by atoms with Crippen LogP contribution in [0.25, 0.3) is 0 Å². The van der Waals surface area contributed by atoms with Crippen molar-refractivity contribution in [2.75, 3.05) is 0 Å². The Morgan fingerprint density at radius 3 is 3.33 bits per heavy atom. The van der Waals surface area contributed by atoms with Crippen molar-refractivity contribution >= 4 is 5.97 Å². The molecule has 12 heavy (non-hydrogen) atoms. The van der Waals surface area contributed by atoms with Gasteiger partial charge in [-0.05, 0) is 6.42 Å². The van der Waals surface area contributed by atoms with Gasteiger partial charge in [-0.25, -0.2) is 0 Å². The summed E-state index contributed by atoms with van der Waals surface area (Å²) >= 11 is 0. The Balaban J connectivity index is 2.20. The van der Waals surface area contributed by atoms with E-state index < -0.39 is 5.97 Å². The van der Waals surface area contributed by atoms with Gasteiger partial charge in [0.1, 0.15) is 12.2 Å². The zero-order valence-corrected chi connectivity index (χ0v) is 6.47. The Hall–Kier alpha value is -1.39. The SMILES string of the molecule is O=C(O)[C@H]1CCc2nncn2C1. The van der Waals surface area contributed by atoms with Gasteiger partial charge in [-0.15, -0.1) is 10.2 Å². The number of carbonyl (C=O) groups is 1. The maximum atomic E-state index is 10.6. The smallest absolute Gasteiger partial charge is 0.308 e. The highest BCUT2D eigenvalue weighted by Gasteiger charge is 2.24. The minimum Gasteiger partial charge on any atom is -0.481 e. The molecule has 1 N–H and O–H groups in total. The second kappa shape index (κ2) is 2.58. The quantitative estimate of drug-likeness (QED) is 0.635. The molecule has 1 aromatic rings. The van der Waals surface area contributed by atoms with Crippen LogP contribution in [0, 0.1) is 5.92 Å². The van der Waals surface area contributed by atoms with Crippen LogP contribution in [0.3, 0.4) is 0 Å². The molecule has 5 heteroatoms. The molecule has 0 aromatic carbocycles. The van der Waals surface area contributed by atoms with Crippen LogP contribution in [0.4, 0.5) is 0 Å². The lowest BCUT2D eigenvalue weighted by molar-refractivity contribution is -0.142. The van der Waals surface area contributed by atoms with Crippen LogP contribution in [-0.2, 0) is 17.8 Å². The number of carboxylic acid groups (broad SMARTS) is 1. The molecule has 2 heterocycles. The van der Waals surface area contributed by atoms with E-state index in [0.717, 1.165) is 12.2 Å². The summed E-state index contributed by atoms with van der Waals surface area (Å²) in [5, 5.41) is 16.3. The number of aliphatic carboxylic acids is 1. The van der Waals surface area contributed by atoms with Gasteiger partial charge in [-0.2, -0.15) is 0 Å². The van der Waals surface area contributed by atoms with E-state index in [-0.39, 0.29) is 5.92 Å². The Morgan fingerprint density at radius 2 is 2.58 bits per heavy atom. The third kappa shape index (κ3) is 1.07. The average molecular weight is 167 g/mol. The monoisotopic (exact) mass is 167 g/mol. The van der Waals surface area contributed by atoms with Crippen molar-refractivity contribution in [3.05, 3.63) is 12.2 Å². The van der Waals surface area contributed by atoms with E-state index in [1.165, 1.54) is 0 Å². The van der Waals surface area contributed by atoms with E-state index in [9.17, 15) is 4.79 Å². The molecule has 1 atom stereocenters. The van der Waals surface area contributed by atoms with Crippen LogP contribution in [0.2, 0.25) is 0 Å². The largest absolute Gasteiger partial charge is 0.481 e. The zero-order chi connectivity index (χ0) is 8.55. The molecule has 0 saturated carbocycles. The van der Waals surface area contributed by atoms with Gasteiger partial charge < -0.3 is 9.67 Å². The van der Waals surface area contributed by atoms with Crippen molar-refractivity contribution in [3.63, 3.8) is 0 Å². The van der Waals surface area contributed by atoms with E-state index in [0.29, 0.717) is 13.0 Å². The number of aryl methyl sites for hydroxylation is 1. The highest BCUT2D eigenvalue weighted by atomic mass is 16.4. The van der Waals surface area contributed by atoms with Gasteiger partial charge in [0.05, 0.1) is 5.92 Å². The Kier molecular flexibility index (Phi) is 1.56. The topological polar surface area (TPSA) is 68.0 Å². The molecule has 0 spiro atoms. The number of carboxylic acids is 1. The first-order valence-corrected chi connectivity index (χ1v) is 3.87. The molecule has 1 aromatic heterocycles. The summed E-state index contributed by atoms with van der Waals surface area (Å²) in [6, 6.07) is 0. The standard InChI is InChI=1S/C7H9N3O2/c11-7(12)5-1-2-6-9-8-4-10(6)3-5/h4-5H,1-3H2,(H,11,12)/t5-/m0/s1. The highest BCUT2D eigenvalue weighted by molar-refractivity contribution is 5.70. The fourth-order valence-electron chi connectivity index (χ4n) is 1.46. The summed E-state index contributed by atoms with van der Waals surface area (Å²) < 4.78 is 1.81. The van der Waals surface area contributed by atoms with E-state index in [2.05, 4.69) is 10.2 Å². The second-order valence-electron chi connectivity index (χ2n) is 2.97. The second-order valence-corrected chi connectivity index (χ2v) is 2.97. The molecule has 0 fully saturated rings. The molecule has 1 aliphatic heterocycles. The first-order valence-electron chi connectivity index (χ1n) is 3.87. The molecule has 64 valence electrons. The minimum atomic E-state index is -0.727. The van der Waals surface area contributed by atoms with Crippen molar-refractivity contribution in [1.82, 2.24) is 14.8 Å². The molecule has 5 nitrogen and oxygen atoms in total. The van der Waals surface area contributed by atoms with Gasteiger partial charge in [0.15, 0.2) is 0 Å². The van der Waals surface area contributed by atoms with Crippen LogP contribution < -0.4 is 0 Å². The van der Waals surface area contributed by atoms with Gasteiger partial charge in [0.25, 0.3) is 0 Å². The van der Waals surface area contributed by atoms with Crippen LogP contribution in [0.15, 0.2) is 6.33 Å². The van der Waals surface area contributed by atoms with Gasteiger partial charge in [-0.3, -0.25) is 4.79 Å². The molecule has 2 rings (SSSR count).